The molecule has 5 heteroatoms. The minimum absolute atomic E-state index is 0. The average Bonchev–Trinajstić information content (AvgIpc) is 2.54. The molecule has 0 aromatic heterocycles. The summed E-state index contributed by atoms with van der Waals surface area (Å²) in [4.78, 5) is 0. The maximum absolute atomic E-state index is 5.74. The molecule has 0 radical (unpaired) electrons. The van der Waals surface area contributed by atoms with Crippen molar-refractivity contribution in [2.45, 2.75) is 19.9 Å². The smallest absolute Gasteiger partial charge is 0.165 e. The number of rotatable bonds is 8. The fourth-order valence-corrected chi connectivity index (χ4v) is 2.80. The summed E-state index contributed by atoms with van der Waals surface area (Å²) in [6, 6.07) is 14.5. The average molecular weight is 401 g/mol. The molecule has 0 heterocycles. The monoisotopic (exact) mass is 399 g/mol. The highest BCUT2D eigenvalue weighted by molar-refractivity contribution is 9.10. The molecule has 3 nitrogen and oxygen atoms in total. The van der Waals surface area contributed by atoms with Gasteiger partial charge in [0.1, 0.15) is 0 Å². The molecule has 23 heavy (non-hydrogen) atoms. The van der Waals surface area contributed by atoms with Crippen LogP contribution in [-0.2, 0) is 13.0 Å². The summed E-state index contributed by atoms with van der Waals surface area (Å²) in [5.41, 5.74) is 2.44. The Hall–Kier alpha value is -1.23. The fourth-order valence-electron chi connectivity index (χ4n) is 2.31. The zero-order chi connectivity index (χ0) is 15.8. The van der Waals surface area contributed by atoms with Crippen LogP contribution in [0.2, 0.25) is 0 Å². The second kappa shape index (κ2) is 10.5. The van der Waals surface area contributed by atoms with E-state index in [-0.39, 0.29) is 12.4 Å². The Morgan fingerprint density at radius 2 is 1.87 bits per heavy atom. The molecule has 0 amide bonds. The van der Waals surface area contributed by atoms with Crippen LogP contribution in [0.1, 0.15) is 18.1 Å². The highest BCUT2D eigenvalue weighted by Gasteiger charge is 2.12. The summed E-state index contributed by atoms with van der Waals surface area (Å²) in [6.45, 7) is 4.27. The summed E-state index contributed by atoms with van der Waals surface area (Å²) in [5, 5.41) is 3.47. The number of hydrogen-bond acceptors (Lipinski definition) is 3. The molecule has 0 saturated heterocycles. The Bertz CT molecular complexity index is 593. The van der Waals surface area contributed by atoms with Crippen molar-refractivity contribution in [1.82, 2.24) is 5.32 Å². The third-order valence-corrected chi connectivity index (χ3v) is 3.81. The molecular weight excluding hydrogens is 378 g/mol. The third-order valence-electron chi connectivity index (χ3n) is 3.35. The Kier molecular flexibility index (Phi) is 9.07. The van der Waals surface area contributed by atoms with Gasteiger partial charge in [0.2, 0.25) is 0 Å². The zero-order valence-electron chi connectivity index (χ0n) is 13.5. The van der Waals surface area contributed by atoms with E-state index in [0.29, 0.717) is 6.61 Å². The number of ether oxygens (including phenoxy) is 2. The van der Waals surface area contributed by atoms with E-state index >= 15 is 0 Å². The Labute approximate surface area is 152 Å². The number of hydrogen-bond donors (Lipinski definition) is 1. The van der Waals surface area contributed by atoms with Crippen LogP contribution in [0.15, 0.2) is 46.9 Å². The summed E-state index contributed by atoms with van der Waals surface area (Å²) >= 11 is 3.52. The topological polar surface area (TPSA) is 30.5 Å². The van der Waals surface area contributed by atoms with Gasteiger partial charge in [-0.3, -0.25) is 0 Å². The van der Waals surface area contributed by atoms with Crippen molar-refractivity contribution in [3.63, 3.8) is 0 Å². The Morgan fingerprint density at radius 1 is 1.13 bits per heavy atom. The van der Waals surface area contributed by atoms with E-state index in [2.05, 4.69) is 51.6 Å². The summed E-state index contributed by atoms with van der Waals surface area (Å²) in [7, 11) is 1.66. The molecule has 2 rings (SSSR count). The molecule has 0 aliphatic rings. The number of benzene rings is 2. The first-order valence-electron chi connectivity index (χ1n) is 7.48. The van der Waals surface area contributed by atoms with Crippen LogP contribution in [-0.4, -0.2) is 20.3 Å². The van der Waals surface area contributed by atoms with Gasteiger partial charge in [-0.25, -0.2) is 0 Å². The standard InChI is InChI=1S/C18H22BrNO2.ClH/c1-3-22-18-15(11-16(19)12-17(18)21-2)13-20-10-9-14-7-5-4-6-8-14;/h4-8,11-12,20H,3,9-10,13H2,1-2H3;1H. The van der Waals surface area contributed by atoms with E-state index in [9.17, 15) is 0 Å². The molecule has 126 valence electrons. The molecular formula is C18H23BrClNO2. The van der Waals surface area contributed by atoms with Crippen LogP contribution in [0.4, 0.5) is 0 Å². The van der Waals surface area contributed by atoms with Gasteiger partial charge in [-0.1, -0.05) is 46.3 Å². The van der Waals surface area contributed by atoms with Crippen LogP contribution in [0.3, 0.4) is 0 Å². The maximum Gasteiger partial charge on any atom is 0.165 e. The van der Waals surface area contributed by atoms with E-state index in [1.807, 2.05) is 19.1 Å². The molecule has 2 aromatic rings. The van der Waals surface area contributed by atoms with Gasteiger partial charge in [0.15, 0.2) is 11.5 Å². The van der Waals surface area contributed by atoms with Crippen LogP contribution >= 0.6 is 28.3 Å². The normalized spacial score (nSPS) is 10.0. The molecule has 1 N–H and O–H groups in total. The second-order valence-electron chi connectivity index (χ2n) is 4.94. The number of methoxy groups -OCH3 is 1. The molecule has 0 aliphatic carbocycles. The van der Waals surface area contributed by atoms with Gasteiger partial charge in [0, 0.05) is 16.6 Å². The molecule has 0 atom stereocenters. The van der Waals surface area contributed by atoms with Gasteiger partial charge >= 0.3 is 0 Å². The lowest BCUT2D eigenvalue weighted by molar-refractivity contribution is 0.306. The molecule has 0 bridgehead atoms. The minimum atomic E-state index is 0. The first-order chi connectivity index (χ1) is 10.7. The van der Waals surface area contributed by atoms with Crippen molar-refractivity contribution in [1.29, 1.82) is 0 Å². The van der Waals surface area contributed by atoms with E-state index < -0.39 is 0 Å². The van der Waals surface area contributed by atoms with Gasteiger partial charge in [0.05, 0.1) is 13.7 Å². The van der Waals surface area contributed by atoms with E-state index in [1.54, 1.807) is 7.11 Å². The van der Waals surface area contributed by atoms with Crippen LogP contribution in [0.25, 0.3) is 0 Å². The van der Waals surface area contributed by atoms with Crippen molar-refractivity contribution in [3.05, 3.63) is 58.1 Å². The quantitative estimate of drug-likeness (QED) is 0.656. The molecule has 0 fully saturated rings. The predicted octanol–water partition coefficient (Wildman–Crippen LogP) is 4.61. The van der Waals surface area contributed by atoms with Crippen LogP contribution < -0.4 is 14.8 Å². The Balaban J connectivity index is 0.00000264. The minimum Gasteiger partial charge on any atom is -0.493 e. The highest BCUT2D eigenvalue weighted by atomic mass is 79.9. The van der Waals surface area contributed by atoms with Crippen molar-refractivity contribution >= 4 is 28.3 Å². The SMILES string of the molecule is CCOc1c(CNCCc2ccccc2)cc(Br)cc1OC.Cl. The molecule has 0 aliphatic heterocycles. The summed E-state index contributed by atoms with van der Waals surface area (Å²) < 4.78 is 12.1. The molecule has 0 spiro atoms. The van der Waals surface area contributed by atoms with Gasteiger partial charge < -0.3 is 14.8 Å². The molecule has 2 aromatic carbocycles. The lowest BCUT2D eigenvalue weighted by atomic mass is 10.1. The Morgan fingerprint density at radius 3 is 2.52 bits per heavy atom. The van der Waals surface area contributed by atoms with Gasteiger partial charge in [-0.2, -0.15) is 0 Å². The number of halogens is 2. The maximum atomic E-state index is 5.74. The fraction of sp³-hybridized carbons (Fsp3) is 0.333. The van der Waals surface area contributed by atoms with Crippen molar-refractivity contribution in [2.75, 3.05) is 20.3 Å². The van der Waals surface area contributed by atoms with Gasteiger partial charge in [0.25, 0.3) is 0 Å². The summed E-state index contributed by atoms with van der Waals surface area (Å²) in [6.07, 6.45) is 1.01. The van der Waals surface area contributed by atoms with Gasteiger partial charge in [-0.05, 0) is 37.6 Å². The zero-order valence-corrected chi connectivity index (χ0v) is 15.9. The second-order valence-corrected chi connectivity index (χ2v) is 5.86. The third kappa shape index (κ3) is 6.05. The van der Waals surface area contributed by atoms with Crippen molar-refractivity contribution < 1.29 is 9.47 Å². The van der Waals surface area contributed by atoms with Gasteiger partial charge in [-0.15, -0.1) is 12.4 Å². The lowest BCUT2D eigenvalue weighted by Gasteiger charge is -2.15. The lowest BCUT2D eigenvalue weighted by Crippen LogP contribution is -2.17. The first-order valence-corrected chi connectivity index (χ1v) is 8.27. The van der Waals surface area contributed by atoms with E-state index in [4.69, 9.17) is 9.47 Å². The van der Waals surface area contributed by atoms with Crippen LogP contribution in [0, 0.1) is 0 Å². The van der Waals surface area contributed by atoms with E-state index in [1.165, 1.54) is 5.56 Å². The largest absolute Gasteiger partial charge is 0.493 e. The van der Waals surface area contributed by atoms with Crippen LogP contribution in [0.5, 0.6) is 11.5 Å². The molecule has 0 saturated carbocycles. The summed E-state index contributed by atoms with van der Waals surface area (Å²) in [5.74, 6) is 1.58. The van der Waals surface area contributed by atoms with E-state index in [0.717, 1.165) is 41.0 Å². The molecule has 0 unspecified atom stereocenters. The van der Waals surface area contributed by atoms with Crippen molar-refractivity contribution in [2.24, 2.45) is 0 Å². The predicted molar refractivity (Wildman–Crippen MR) is 101 cm³/mol. The first kappa shape index (κ1) is 19.8. The highest BCUT2D eigenvalue weighted by Crippen LogP contribution is 2.34. The van der Waals surface area contributed by atoms with Crippen molar-refractivity contribution in [3.8, 4) is 11.5 Å². The number of nitrogens with one attached hydrogen (secondary N) is 1.